The van der Waals surface area contributed by atoms with Crippen LogP contribution in [0.15, 0.2) is 0 Å². The molecule has 2 aliphatic rings. The van der Waals surface area contributed by atoms with Crippen LogP contribution in [0, 0.1) is 11.8 Å². The number of nitrogens with zero attached hydrogens (tertiary/aromatic N) is 1. The van der Waals surface area contributed by atoms with Gasteiger partial charge in [0.25, 0.3) is 0 Å². The van der Waals surface area contributed by atoms with Gasteiger partial charge in [-0.25, -0.2) is 0 Å². The van der Waals surface area contributed by atoms with Gasteiger partial charge in [-0.15, -0.1) is 0 Å². The fourth-order valence-corrected chi connectivity index (χ4v) is 2.77. The van der Waals surface area contributed by atoms with Crippen molar-refractivity contribution in [1.82, 2.24) is 10.2 Å². The zero-order chi connectivity index (χ0) is 12.3. The predicted molar refractivity (Wildman–Crippen MR) is 69.8 cm³/mol. The molecule has 0 aromatic rings. The Kier molecular flexibility index (Phi) is 4.43. The van der Waals surface area contributed by atoms with Crippen molar-refractivity contribution in [2.75, 3.05) is 19.6 Å². The molecule has 1 saturated heterocycles. The van der Waals surface area contributed by atoms with Crippen LogP contribution in [0.5, 0.6) is 0 Å². The fourth-order valence-electron chi connectivity index (χ4n) is 2.77. The van der Waals surface area contributed by atoms with E-state index >= 15 is 0 Å². The minimum absolute atomic E-state index is 0.309. The van der Waals surface area contributed by atoms with Gasteiger partial charge in [0.1, 0.15) is 0 Å². The van der Waals surface area contributed by atoms with Gasteiger partial charge >= 0.3 is 0 Å². The van der Waals surface area contributed by atoms with Crippen LogP contribution in [0.3, 0.4) is 0 Å². The number of carbonyl (C=O) groups excluding carboxylic acids is 1. The highest BCUT2D eigenvalue weighted by atomic mass is 16.2. The summed E-state index contributed by atoms with van der Waals surface area (Å²) in [5, 5.41) is 3.31. The van der Waals surface area contributed by atoms with Crippen molar-refractivity contribution in [2.24, 2.45) is 11.8 Å². The Morgan fingerprint density at radius 3 is 2.71 bits per heavy atom. The Morgan fingerprint density at radius 1 is 1.29 bits per heavy atom. The largest absolute Gasteiger partial charge is 0.338 e. The highest BCUT2D eigenvalue weighted by molar-refractivity contribution is 5.78. The summed E-state index contributed by atoms with van der Waals surface area (Å²) in [4.78, 5) is 14.3. The van der Waals surface area contributed by atoms with Gasteiger partial charge in [-0.1, -0.05) is 13.8 Å². The minimum Gasteiger partial charge on any atom is -0.338 e. The lowest BCUT2D eigenvalue weighted by Crippen LogP contribution is -2.49. The van der Waals surface area contributed by atoms with E-state index in [0.29, 0.717) is 24.4 Å². The molecule has 1 saturated carbocycles. The van der Waals surface area contributed by atoms with Crippen LogP contribution < -0.4 is 5.32 Å². The molecule has 1 N–H and O–H groups in total. The summed E-state index contributed by atoms with van der Waals surface area (Å²) in [6.07, 6.45) is 6.34. The van der Waals surface area contributed by atoms with Gasteiger partial charge < -0.3 is 10.2 Å². The standard InChI is InChI=1S/C14H26N2O/c1-11(2)13-5-3-4-8-16(13)14(17)10-15-9-12-6-7-12/h11-13,15H,3-10H2,1-2H3. The van der Waals surface area contributed by atoms with Gasteiger partial charge in [0.2, 0.25) is 5.91 Å². The van der Waals surface area contributed by atoms with Gasteiger partial charge in [0.05, 0.1) is 6.54 Å². The summed E-state index contributed by atoms with van der Waals surface area (Å²) in [5.41, 5.74) is 0. The van der Waals surface area contributed by atoms with Gasteiger partial charge in [-0.05, 0) is 50.5 Å². The Bertz CT molecular complexity index is 261. The number of nitrogens with one attached hydrogen (secondary N) is 1. The van der Waals surface area contributed by atoms with Gasteiger partial charge in [0, 0.05) is 12.6 Å². The third-order valence-corrected chi connectivity index (χ3v) is 4.05. The summed E-state index contributed by atoms with van der Waals surface area (Å²) in [6, 6.07) is 0.471. The summed E-state index contributed by atoms with van der Waals surface area (Å²) < 4.78 is 0. The van der Waals surface area contributed by atoms with Crippen LogP contribution in [0.2, 0.25) is 0 Å². The van der Waals surface area contributed by atoms with E-state index in [1.165, 1.54) is 32.1 Å². The first-order chi connectivity index (χ1) is 8.18. The molecule has 3 nitrogen and oxygen atoms in total. The first-order valence-corrected chi connectivity index (χ1v) is 7.18. The zero-order valence-electron chi connectivity index (χ0n) is 11.2. The molecule has 0 radical (unpaired) electrons. The highest BCUT2D eigenvalue weighted by Crippen LogP contribution is 2.27. The molecule has 0 aromatic heterocycles. The van der Waals surface area contributed by atoms with E-state index in [1.807, 2.05) is 0 Å². The van der Waals surface area contributed by atoms with Gasteiger partial charge in [0.15, 0.2) is 0 Å². The molecule has 0 bridgehead atoms. The number of carbonyl (C=O) groups is 1. The van der Waals surface area contributed by atoms with E-state index < -0.39 is 0 Å². The zero-order valence-corrected chi connectivity index (χ0v) is 11.2. The van der Waals surface area contributed by atoms with Crippen molar-refractivity contribution >= 4 is 5.91 Å². The molecule has 1 unspecified atom stereocenters. The lowest BCUT2D eigenvalue weighted by atomic mass is 9.93. The monoisotopic (exact) mass is 238 g/mol. The van der Waals surface area contributed by atoms with Crippen molar-refractivity contribution < 1.29 is 4.79 Å². The lowest BCUT2D eigenvalue weighted by Gasteiger charge is -2.38. The molecule has 2 fully saturated rings. The van der Waals surface area contributed by atoms with Crippen LogP contribution >= 0.6 is 0 Å². The van der Waals surface area contributed by atoms with E-state index in [0.717, 1.165) is 19.0 Å². The van der Waals surface area contributed by atoms with Crippen LogP contribution in [-0.4, -0.2) is 36.5 Å². The highest BCUT2D eigenvalue weighted by Gasteiger charge is 2.28. The van der Waals surface area contributed by atoms with E-state index in [9.17, 15) is 4.79 Å². The molecule has 0 spiro atoms. The van der Waals surface area contributed by atoms with E-state index in [4.69, 9.17) is 0 Å². The van der Waals surface area contributed by atoms with Crippen molar-refractivity contribution in [3.8, 4) is 0 Å². The Balaban J connectivity index is 1.77. The van der Waals surface area contributed by atoms with E-state index in [1.54, 1.807) is 0 Å². The van der Waals surface area contributed by atoms with Gasteiger partial charge in [-0.2, -0.15) is 0 Å². The van der Waals surface area contributed by atoms with Crippen molar-refractivity contribution in [3.63, 3.8) is 0 Å². The fraction of sp³-hybridized carbons (Fsp3) is 0.929. The summed E-state index contributed by atoms with van der Waals surface area (Å²) in [7, 11) is 0. The quantitative estimate of drug-likeness (QED) is 0.795. The maximum Gasteiger partial charge on any atom is 0.236 e. The second-order valence-electron chi connectivity index (χ2n) is 5.97. The average molecular weight is 238 g/mol. The molecule has 98 valence electrons. The maximum absolute atomic E-state index is 12.2. The molecule has 1 aliphatic carbocycles. The van der Waals surface area contributed by atoms with Crippen molar-refractivity contribution in [2.45, 2.75) is 52.0 Å². The Morgan fingerprint density at radius 2 is 2.06 bits per heavy atom. The molecule has 0 aromatic carbocycles. The molecule has 1 aliphatic heterocycles. The van der Waals surface area contributed by atoms with Crippen LogP contribution in [0.1, 0.15) is 46.0 Å². The summed E-state index contributed by atoms with van der Waals surface area (Å²) in [5.74, 6) is 1.75. The Labute approximate surface area is 105 Å². The second kappa shape index (κ2) is 5.85. The smallest absolute Gasteiger partial charge is 0.236 e. The molecule has 2 rings (SSSR count). The van der Waals surface area contributed by atoms with Crippen LogP contribution in [0.25, 0.3) is 0 Å². The molecular formula is C14H26N2O. The molecular weight excluding hydrogens is 212 g/mol. The lowest BCUT2D eigenvalue weighted by molar-refractivity contribution is -0.135. The average Bonchev–Trinajstić information content (AvgIpc) is 3.13. The first kappa shape index (κ1) is 12.9. The minimum atomic E-state index is 0.309. The van der Waals surface area contributed by atoms with Crippen molar-refractivity contribution in [3.05, 3.63) is 0 Å². The SMILES string of the molecule is CC(C)C1CCCCN1C(=O)CNCC1CC1. The number of likely N-dealkylation sites (tertiary alicyclic amines) is 1. The number of hydrogen-bond acceptors (Lipinski definition) is 2. The third kappa shape index (κ3) is 3.70. The van der Waals surface area contributed by atoms with Crippen molar-refractivity contribution in [1.29, 1.82) is 0 Å². The van der Waals surface area contributed by atoms with Crippen LogP contribution in [0.4, 0.5) is 0 Å². The summed E-state index contributed by atoms with van der Waals surface area (Å²) in [6.45, 7) is 7.00. The topological polar surface area (TPSA) is 32.3 Å². The maximum atomic E-state index is 12.2. The first-order valence-electron chi connectivity index (χ1n) is 7.18. The third-order valence-electron chi connectivity index (χ3n) is 4.05. The normalized spacial score (nSPS) is 25.4. The van der Waals surface area contributed by atoms with E-state index in [2.05, 4.69) is 24.1 Å². The summed E-state index contributed by atoms with van der Waals surface area (Å²) >= 11 is 0. The Hall–Kier alpha value is -0.570. The number of rotatable bonds is 5. The molecule has 1 amide bonds. The molecule has 17 heavy (non-hydrogen) atoms. The van der Waals surface area contributed by atoms with E-state index in [-0.39, 0.29) is 0 Å². The molecule has 1 heterocycles. The second-order valence-corrected chi connectivity index (χ2v) is 5.97. The number of amides is 1. The predicted octanol–water partition coefficient (Wildman–Crippen LogP) is 2.02. The number of piperidine rings is 1. The van der Waals surface area contributed by atoms with Gasteiger partial charge in [-0.3, -0.25) is 4.79 Å². The molecule has 3 heteroatoms. The van der Waals surface area contributed by atoms with Crippen LogP contribution in [-0.2, 0) is 4.79 Å². The molecule has 1 atom stereocenters. The number of hydrogen-bond donors (Lipinski definition) is 1.